The molecule has 0 aromatic heterocycles. The molecule has 0 aliphatic rings. The molecule has 2 rings (SSSR count). The van der Waals surface area contributed by atoms with Crippen molar-refractivity contribution in [2.75, 3.05) is 12.4 Å². The summed E-state index contributed by atoms with van der Waals surface area (Å²) >= 11 is 9.64. The Morgan fingerprint density at radius 2 is 2.05 bits per heavy atom. The van der Waals surface area contributed by atoms with Crippen molar-refractivity contribution in [3.63, 3.8) is 0 Å². The summed E-state index contributed by atoms with van der Waals surface area (Å²) in [7, 11) is 1.37. The Kier molecular flexibility index (Phi) is 5.26. The summed E-state index contributed by atoms with van der Waals surface area (Å²) in [6.07, 6.45) is 0. The molecule has 0 aliphatic carbocycles. The quantitative estimate of drug-likeness (QED) is 0.766. The van der Waals surface area contributed by atoms with E-state index in [-0.39, 0.29) is 12.0 Å². The minimum Gasteiger partial charge on any atom is -0.465 e. The largest absolute Gasteiger partial charge is 0.465 e. The summed E-state index contributed by atoms with van der Waals surface area (Å²) in [6.45, 7) is 2.01. The Morgan fingerprint density at radius 1 is 1.29 bits per heavy atom. The number of halogens is 2. The van der Waals surface area contributed by atoms with Crippen LogP contribution in [0, 0.1) is 0 Å². The van der Waals surface area contributed by atoms with Crippen LogP contribution in [0.15, 0.2) is 46.9 Å². The van der Waals surface area contributed by atoms with E-state index in [1.54, 1.807) is 12.1 Å². The summed E-state index contributed by atoms with van der Waals surface area (Å²) < 4.78 is 5.66. The van der Waals surface area contributed by atoms with Crippen LogP contribution in [0.4, 0.5) is 5.69 Å². The molecule has 110 valence electrons. The first-order chi connectivity index (χ1) is 10.0. The fraction of sp³-hybridized carbons (Fsp3) is 0.188. The molecule has 0 fully saturated rings. The number of hydrogen-bond acceptors (Lipinski definition) is 3. The molecule has 0 radical (unpaired) electrons. The molecule has 1 unspecified atom stereocenters. The van der Waals surface area contributed by atoms with Crippen LogP contribution in [-0.2, 0) is 4.74 Å². The maximum atomic E-state index is 11.5. The third-order valence-corrected chi connectivity index (χ3v) is 3.92. The number of rotatable bonds is 4. The molecule has 0 saturated heterocycles. The second-order valence-electron chi connectivity index (χ2n) is 4.60. The lowest BCUT2D eigenvalue weighted by Crippen LogP contribution is -2.08. The highest BCUT2D eigenvalue weighted by molar-refractivity contribution is 9.10. The van der Waals surface area contributed by atoms with Gasteiger partial charge in [0.1, 0.15) is 0 Å². The van der Waals surface area contributed by atoms with Gasteiger partial charge in [-0.25, -0.2) is 4.79 Å². The van der Waals surface area contributed by atoms with Gasteiger partial charge in [-0.15, -0.1) is 0 Å². The van der Waals surface area contributed by atoms with Crippen molar-refractivity contribution in [3.05, 3.63) is 63.1 Å². The van der Waals surface area contributed by atoms with Crippen molar-refractivity contribution in [1.82, 2.24) is 0 Å². The molecule has 2 aromatic carbocycles. The standard InChI is InChI=1S/C16H15BrClNO2/c1-10(14-7-6-12(17)9-15(14)18)19-13-5-3-4-11(8-13)16(20)21-2/h3-10,19H,1-2H3. The highest BCUT2D eigenvalue weighted by Crippen LogP contribution is 2.28. The van der Waals surface area contributed by atoms with Gasteiger partial charge in [0.15, 0.2) is 0 Å². The molecular weight excluding hydrogens is 354 g/mol. The van der Waals surface area contributed by atoms with E-state index >= 15 is 0 Å². The van der Waals surface area contributed by atoms with Gasteiger partial charge >= 0.3 is 5.97 Å². The molecule has 0 bridgehead atoms. The van der Waals surface area contributed by atoms with Crippen LogP contribution in [-0.4, -0.2) is 13.1 Å². The Bertz CT molecular complexity index is 660. The summed E-state index contributed by atoms with van der Waals surface area (Å²) in [5.74, 6) is -0.354. The number of nitrogens with one attached hydrogen (secondary N) is 1. The molecule has 0 amide bonds. The highest BCUT2D eigenvalue weighted by Gasteiger charge is 2.11. The van der Waals surface area contributed by atoms with Crippen molar-refractivity contribution < 1.29 is 9.53 Å². The summed E-state index contributed by atoms with van der Waals surface area (Å²) in [4.78, 5) is 11.5. The van der Waals surface area contributed by atoms with E-state index in [4.69, 9.17) is 16.3 Å². The van der Waals surface area contributed by atoms with Gasteiger partial charge < -0.3 is 10.1 Å². The fourth-order valence-corrected chi connectivity index (χ4v) is 2.87. The van der Waals surface area contributed by atoms with Crippen molar-refractivity contribution in [2.45, 2.75) is 13.0 Å². The Morgan fingerprint density at radius 3 is 2.71 bits per heavy atom. The minimum absolute atomic E-state index is 0.0125. The summed E-state index contributed by atoms with van der Waals surface area (Å²) in [5, 5.41) is 4.02. The molecule has 0 spiro atoms. The monoisotopic (exact) mass is 367 g/mol. The van der Waals surface area contributed by atoms with Crippen LogP contribution in [0.1, 0.15) is 28.9 Å². The lowest BCUT2D eigenvalue weighted by Gasteiger charge is -2.17. The van der Waals surface area contributed by atoms with Crippen LogP contribution < -0.4 is 5.32 Å². The van der Waals surface area contributed by atoms with E-state index < -0.39 is 0 Å². The normalized spacial score (nSPS) is 11.8. The fourth-order valence-electron chi connectivity index (χ4n) is 2.03. The van der Waals surface area contributed by atoms with Gasteiger partial charge in [-0.2, -0.15) is 0 Å². The maximum Gasteiger partial charge on any atom is 0.337 e. The minimum atomic E-state index is -0.354. The van der Waals surface area contributed by atoms with Crippen LogP contribution >= 0.6 is 27.5 Å². The van der Waals surface area contributed by atoms with E-state index in [2.05, 4.69) is 21.2 Å². The second kappa shape index (κ2) is 6.96. The Labute approximate surface area is 137 Å². The number of anilines is 1. The number of benzene rings is 2. The molecule has 0 saturated carbocycles. The number of methoxy groups -OCH3 is 1. The molecule has 0 heterocycles. The first kappa shape index (κ1) is 15.9. The number of carbonyl (C=O) groups excluding carboxylic acids is 1. The van der Waals surface area contributed by atoms with Gasteiger partial charge in [0.25, 0.3) is 0 Å². The van der Waals surface area contributed by atoms with Crippen LogP contribution in [0.2, 0.25) is 5.02 Å². The molecule has 3 nitrogen and oxygen atoms in total. The number of esters is 1. The first-order valence-electron chi connectivity index (χ1n) is 6.41. The van der Waals surface area contributed by atoms with E-state index in [1.165, 1.54) is 7.11 Å². The third-order valence-electron chi connectivity index (χ3n) is 3.10. The zero-order valence-electron chi connectivity index (χ0n) is 11.7. The van der Waals surface area contributed by atoms with Crippen molar-refractivity contribution >= 4 is 39.2 Å². The maximum absolute atomic E-state index is 11.5. The van der Waals surface area contributed by atoms with Crippen molar-refractivity contribution in [2.24, 2.45) is 0 Å². The molecule has 1 atom stereocenters. The molecule has 1 N–H and O–H groups in total. The van der Waals surface area contributed by atoms with Gasteiger partial charge in [0.05, 0.1) is 12.7 Å². The summed E-state index contributed by atoms with van der Waals surface area (Å²) in [5.41, 5.74) is 2.34. The van der Waals surface area contributed by atoms with E-state index in [1.807, 2.05) is 37.3 Å². The SMILES string of the molecule is COC(=O)c1cccc(NC(C)c2ccc(Br)cc2Cl)c1. The molecule has 5 heteroatoms. The number of carbonyl (C=O) groups is 1. The third kappa shape index (κ3) is 3.99. The zero-order valence-corrected chi connectivity index (χ0v) is 14.0. The van der Waals surface area contributed by atoms with Gasteiger partial charge in [0.2, 0.25) is 0 Å². The first-order valence-corrected chi connectivity index (χ1v) is 7.58. The van der Waals surface area contributed by atoms with Gasteiger partial charge in [-0.1, -0.05) is 39.7 Å². The lowest BCUT2D eigenvalue weighted by atomic mass is 10.1. The van der Waals surface area contributed by atoms with Crippen molar-refractivity contribution in [3.8, 4) is 0 Å². The molecular formula is C16H15BrClNO2. The van der Waals surface area contributed by atoms with Gasteiger partial charge in [0, 0.05) is 21.2 Å². The predicted octanol–water partition coefficient (Wildman–Crippen LogP) is 5.06. The van der Waals surface area contributed by atoms with Crippen LogP contribution in [0.3, 0.4) is 0 Å². The van der Waals surface area contributed by atoms with E-state index in [0.29, 0.717) is 10.6 Å². The Balaban J connectivity index is 2.19. The smallest absolute Gasteiger partial charge is 0.337 e. The van der Waals surface area contributed by atoms with Gasteiger partial charge in [-0.05, 0) is 42.8 Å². The average molecular weight is 369 g/mol. The van der Waals surface area contributed by atoms with Crippen LogP contribution in [0.25, 0.3) is 0 Å². The predicted molar refractivity (Wildman–Crippen MR) is 89.0 cm³/mol. The zero-order chi connectivity index (χ0) is 15.4. The Hall–Kier alpha value is -1.52. The van der Waals surface area contributed by atoms with Crippen LogP contribution in [0.5, 0.6) is 0 Å². The summed E-state index contributed by atoms with van der Waals surface area (Å²) in [6, 6.07) is 13.0. The molecule has 0 aliphatic heterocycles. The van der Waals surface area contributed by atoms with Gasteiger partial charge in [-0.3, -0.25) is 0 Å². The second-order valence-corrected chi connectivity index (χ2v) is 5.93. The number of hydrogen-bond donors (Lipinski definition) is 1. The van der Waals surface area contributed by atoms with Crippen molar-refractivity contribution in [1.29, 1.82) is 0 Å². The van der Waals surface area contributed by atoms with E-state index in [0.717, 1.165) is 15.7 Å². The molecule has 2 aromatic rings. The molecule has 21 heavy (non-hydrogen) atoms. The van der Waals surface area contributed by atoms with E-state index in [9.17, 15) is 4.79 Å². The average Bonchev–Trinajstić information content (AvgIpc) is 2.46. The number of ether oxygens (including phenoxy) is 1. The lowest BCUT2D eigenvalue weighted by molar-refractivity contribution is 0.0601. The topological polar surface area (TPSA) is 38.3 Å². The highest BCUT2D eigenvalue weighted by atomic mass is 79.9.